The number of aromatic carboxylic acids is 1. The van der Waals surface area contributed by atoms with Crippen LogP contribution in [0.3, 0.4) is 0 Å². The summed E-state index contributed by atoms with van der Waals surface area (Å²) in [6.07, 6.45) is 0. The molecule has 2 rings (SSSR count). The van der Waals surface area contributed by atoms with E-state index in [4.69, 9.17) is 21.1 Å². The molecule has 0 bridgehead atoms. The first-order chi connectivity index (χ1) is 7.59. The van der Waals surface area contributed by atoms with Crippen LogP contribution < -0.4 is 0 Å². The Morgan fingerprint density at radius 1 is 1.44 bits per heavy atom. The fourth-order valence-electron chi connectivity index (χ4n) is 1.46. The largest absolute Gasteiger partial charge is 0.475 e. The SMILES string of the molecule is Cc1ccccc1-c1nc(Cl)oc1C(=O)O. The quantitative estimate of drug-likeness (QED) is 0.872. The molecule has 0 radical (unpaired) electrons. The number of nitrogens with zero attached hydrogens (tertiary/aromatic N) is 1. The highest BCUT2D eigenvalue weighted by atomic mass is 35.5. The summed E-state index contributed by atoms with van der Waals surface area (Å²) in [5, 5.41) is 8.77. The summed E-state index contributed by atoms with van der Waals surface area (Å²) in [5.41, 5.74) is 1.88. The number of aromatic nitrogens is 1. The Balaban J connectivity index is 2.64. The van der Waals surface area contributed by atoms with Crippen molar-refractivity contribution in [3.8, 4) is 11.3 Å². The Morgan fingerprint density at radius 2 is 2.12 bits per heavy atom. The predicted octanol–water partition coefficient (Wildman–Crippen LogP) is 3.00. The molecule has 16 heavy (non-hydrogen) atoms. The summed E-state index contributed by atoms with van der Waals surface area (Å²) in [7, 11) is 0. The highest BCUT2D eigenvalue weighted by Crippen LogP contribution is 2.28. The van der Waals surface area contributed by atoms with Gasteiger partial charge in [0.05, 0.1) is 0 Å². The lowest BCUT2D eigenvalue weighted by Gasteiger charge is -2.01. The van der Waals surface area contributed by atoms with Gasteiger partial charge in [-0.25, -0.2) is 4.79 Å². The molecule has 0 saturated carbocycles. The lowest BCUT2D eigenvalue weighted by atomic mass is 10.1. The molecule has 2 aromatic rings. The van der Waals surface area contributed by atoms with Gasteiger partial charge in [-0.05, 0) is 24.1 Å². The van der Waals surface area contributed by atoms with Crippen LogP contribution in [0.1, 0.15) is 16.1 Å². The van der Waals surface area contributed by atoms with Crippen molar-refractivity contribution in [1.29, 1.82) is 0 Å². The molecule has 1 aromatic carbocycles. The van der Waals surface area contributed by atoms with Crippen LogP contribution in [0.15, 0.2) is 28.7 Å². The summed E-state index contributed by atoms with van der Waals surface area (Å²) in [6, 6.07) is 7.30. The minimum absolute atomic E-state index is 0.171. The van der Waals surface area contributed by atoms with Gasteiger partial charge in [-0.3, -0.25) is 0 Å². The minimum Gasteiger partial charge on any atom is -0.475 e. The predicted molar refractivity (Wildman–Crippen MR) is 58.6 cm³/mol. The number of carboxylic acids is 1. The number of carbonyl (C=O) groups is 1. The highest BCUT2D eigenvalue weighted by molar-refractivity contribution is 6.28. The van der Waals surface area contributed by atoms with E-state index in [1.165, 1.54) is 0 Å². The van der Waals surface area contributed by atoms with Gasteiger partial charge in [0.2, 0.25) is 5.76 Å². The third kappa shape index (κ3) is 1.79. The maximum atomic E-state index is 10.9. The maximum Gasteiger partial charge on any atom is 0.374 e. The molecule has 1 N–H and O–H groups in total. The molecule has 0 aliphatic carbocycles. The molecule has 5 heteroatoms. The van der Waals surface area contributed by atoms with E-state index in [-0.39, 0.29) is 16.8 Å². The monoisotopic (exact) mass is 237 g/mol. The average molecular weight is 238 g/mol. The normalized spacial score (nSPS) is 10.4. The van der Waals surface area contributed by atoms with Gasteiger partial charge >= 0.3 is 5.97 Å². The first-order valence-corrected chi connectivity index (χ1v) is 4.93. The van der Waals surface area contributed by atoms with Crippen molar-refractivity contribution in [2.45, 2.75) is 6.92 Å². The van der Waals surface area contributed by atoms with E-state index in [2.05, 4.69) is 4.98 Å². The molecule has 0 spiro atoms. The first-order valence-electron chi connectivity index (χ1n) is 4.55. The van der Waals surface area contributed by atoms with Crippen LogP contribution in [0.25, 0.3) is 11.3 Å². The Labute approximate surface area is 96.5 Å². The van der Waals surface area contributed by atoms with Crippen LogP contribution in [0, 0.1) is 6.92 Å². The molecule has 1 aromatic heterocycles. The van der Waals surface area contributed by atoms with E-state index in [9.17, 15) is 4.79 Å². The Bertz CT molecular complexity index is 548. The van der Waals surface area contributed by atoms with Crippen LogP contribution >= 0.6 is 11.6 Å². The van der Waals surface area contributed by atoms with E-state index in [1.807, 2.05) is 19.1 Å². The van der Waals surface area contributed by atoms with Gasteiger partial charge in [0.1, 0.15) is 5.69 Å². The third-order valence-electron chi connectivity index (χ3n) is 2.20. The van der Waals surface area contributed by atoms with Crippen LogP contribution in [0.5, 0.6) is 0 Å². The number of halogens is 1. The fraction of sp³-hybridized carbons (Fsp3) is 0.0909. The van der Waals surface area contributed by atoms with Crippen LogP contribution in [-0.2, 0) is 0 Å². The third-order valence-corrected chi connectivity index (χ3v) is 2.36. The standard InChI is InChI=1S/C11H8ClNO3/c1-6-4-2-3-5-7(6)8-9(10(14)15)16-11(12)13-8/h2-5H,1H3,(H,14,15). The zero-order valence-corrected chi connectivity index (χ0v) is 9.15. The van der Waals surface area contributed by atoms with Crippen molar-refractivity contribution < 1.29 is 14.3 Å². The first kappa shape index (κ1) is 10.7. The van der Waals surface area contributed by atoms with Crippen molar-refractivity contribution >= 4 is 17.6 Å². The van der Waals surface area contributed by atoms with E-state index < -0.39 is 5.97 Å². The van der Waals surface area contributed by atoms with Crippen molar-refractivity contribution in [2.24, 2.45) is 0 Å². The highest BCUT2D eigenvalue weighted by Gasteiger charge is 2.20. The summed E-state index contributed by atoms with van der Waals surface area (Å²) >= 11 is 5.57. The molecule has 4 nitrogen and oxygen atoms in total. The van der Waals surface area contributed by atoms with Crippen LogP contribution in [0.4, 0.5) is 0 Å². The number of rotatable bonds is 2. The lowest BCUT2D eigenvalue weighted by Crippen LogP contribution is -1.97. The van der Waals surface area contributed by atoms with Crippen molar-refractivity contribution in [2.75, 3.05) is 0 Å². The average Bonchev–Trinajstić information content (AvgIpc) is 2.61. The second-order valence-electron chi connectivity index (χ2n) is 3.26. The van der Waals surface area contributed by atoms with E-state index in [0.717, 1.165) is 5.56 Å². The summed E-state index contributed by atoms with van der Waals surface area (Å²) in [5.74, 6) is -1.42. The zero-order valence-electron chi connectivity index (χ0n) is 8.40. The van der Waals surface area contributed by atoms with Gasteiger partial charge in [0.15, 0.2) is 0 Å². The molecule has 0 saturated heterocycles. The molecular formula is C11H8ClNO3. The smallest absolute Gasteiger partial charge is 0.374 e. The molecule has 0 aliphatic heterocycles. The van der Waals surface area contributed by atoms with E-state index in [0.29, 0.717) is 5.56 Å². The minimum atomic E-state index is -1.18. The van der Waals surface area contributed by atoms with Gasteiger partial charge in [-0.2, -0.15) is 4.98 Å². The lowest BCUT2D eigenvalue weighted by molar-refractivity contribution is 0.0663. The Hall–Kier alpha value is -1.81. The maximum absolute atomic E-state index is 10.9. The number of oxazole rings is 1. The topological polar surface area (TPSA) is 63.3 Å². The summed E-state index contributed by atoms with van der Waals surface area (Å²) < 4.78 is 4.84. The van der Waals surface area contributed by atoms with Gasteiger partial charge in [0, 0.05) is 5.56 Å². The number of aryl methyl sites for hydroxylation is 1. The second-order valence-corrected chi connectivity index (χ2v) is 3.59. The van der Waals surface area contributed by atoms with Gasteiger partial charge in [-0.15, -0.1) is 0 Å². The second kappa shape index (κ2) is 3.98. The van der Waals surface area contributed by atoms with Gasteiger partial charge in [-0.1, -0.05) is 24.3 Å². The number of carboxylic acid groups (broad SMARTS) is 1. The van der Waals surface area contributed by atoms with Crippen molar-refractivity contribution in [3.05, 3.63) is 40.9 Å². The van der Waals surface area contributed by atoms with E-state index in [1.54, 1.807) is 12.1 Å². The van der Waals surface area contributed by atoms with E-state index >= 15 is 0 Å². The number of benzene rings is 1. The van der Waals surface area contributed by atoms with Crippen LogP contribution in [0.2, 0.25) is 5.35 Å². The number of hydrogen-bond donors (Lipinski definition) is 1. The fourth-order valence-corrected chi connectivity index (χ4v) is 1.62. The van der Waals surface area contributed by atoms with Crippen LogP contribution in [-0.4, -0.2) is 16.1 Å². The van der Waals surface area contributed by atoms with Crippen molar-refractivity contribution in [3.63, 3.8) is 0 Å². The molecule has 82 valence electrons. The summed E-state index contributed by atoms with van der Waals surface area (Å²) in [6.45, 7) is 1.86. The molecule has 1 heterocycles. The van der Waals surface area contributed by atoms with Gasteiger partial charge < -0.3 is 9.52 Å². The molecule has 0 unspecified atom stereocenters. The molecule has 0 aliphatic rings. The molecular weight excluding hydrogens is 230 g/mol. The van der Waals surface area contributed by atoms with Gasteiger partial charge in [0.25, 0.3) is 5.35 Å². The Morgan fingerprint density at radius 3 is 2.75 bits per heavy atom. The molecule has 0 fully saturated rings. The number of hydrogen-bond acceptors (Lipinski definition) is 3. The molecule has 0 amide bonds. The molecule has 0 atom stereocenters. The zero-order chi connectivity index (χ0) is 11.7. The summed E-state index contributed by atoms with van der Waals surface area (Å²) in [4.78, 5) is 14.8. The Kier molecular flexibility index (Phi) is 2.66. The van der Waals surface area contributed by atoms with Crippen molar-refractivity contribution in [1.82, 2.24) is 4.98 Å².